The van der Waals surface area contributed by atoms with E-state index in [1.165, 1.54) is 0 Å². The maximum absolute atomic E-state index is 13.2. The molecule has 19 heavy (non-hydrogen) atoms. The number of morpholine rings is 1. The molecule has 0 amide bonds. The number of halogens is 3. The fourth-order valence-electron chi connectivity index (χ4n) is 2.24. The molecule has 6 heteroatoms. The van der Waals surface area contributed by atoms with Crippen LogP contribution in [-0.4, -0.2) is 23.3 Å². The molecule has 1 aliphatic heterocycles. The normalized spacial score (nSPS) is 30.4. The monoisotopic (exact) mass is 275 g/mol. The van der Waals surface area contributed by atoms with Gasteiger partial charge >= 0.3 is 0 Å². The molecule has 2 rings (SSSR count). The first-order valence-corrected chi connectivity index (χ1v) is 5.95. The predicted octanol–water partition coefficient (Wildman–Crippen LogP) is 2.04. The molecular weight excluding hydrogens is 259 g/mol. The number of hydrogen-bond donors (Lipinski definition) is 2. The molecule has 1 aliphatic rings. The largest absolute Gasteiger partial charge is 0.361 e. The summed E-state index contributed by atoms with van der Waals surface area (Å²) < 4.78 is 44.8. The lowest BCUT2D eigenvalue weighted by molar-refractivity contribution is -0.263. The Morgan fingerprint density at radius 1 is 1.26 bits per heavy atom. The standard InChI is InChI=1S/C13H16F3NO2/c1-7-13(18,19-6-12(2,3)17-7)8-4-9(14)11(16)10(15)5-8/h4-5,7,17-18H,6H2,1-3H3. The van der Waals surface area contributed by atoms with Gasteiger partial charge in [-0.15, -0.1) is 0 Å². The van der Waals surface area contributed by atoms with Crippen LogP contribution in [0.2, 0.25) is 0 Å². The number of hydrogen-bond acceptors (Lipinski definition) is 3. The van der Waals surface area contributed by atoms with Gasteiger partial charge in [0, 0.05) is 11.1 Å². The van der Waals surface area contributed by atoms with Crippen molar-refractivity contribution in [2.45, 2.75) is 38.1 Å². The average molecular weight is 275 g/mol. The third-order valence-corrected chi connectivity index (χ3v) is 3.24. The quantitative estimate of drug-likeness (QED) is 0.771. The zero-order valence-electron chi connectivity index (χ0n) is 10.9. The molecule has 1 heterocycles. The number of benzene rings is 1. The Morgan fingerprint density at radius 2 is 1.79 bits per heavy atom. The van der Waals surface area contributed by atoms with E-state index in [4.69, 9.17) is 4.74 Å². The van der Waals surface area contributed by atoms with E-state index < -0.39 is 29.3 Å². The van der Waals surface area contributed by atoms with E-state index in [2.05, 4.69) is 5.32 Å². The van der Waals surface area contributed by atoms with Gasteiger partial charge in [-0.1, -0.05) is 0 Å². The van der Waals surface area contributed by atoms with Gasteiger partial charge in [0.15, 0.2) is 17.5 Å². The van der Waals surface area contributed by atoms with Gasteiger partial charge in [0.05, 0.1) is 12.6 Å². The second kappa shape index (κ2) is 4.47. The molecule has 1 aromatic rings. The molecule has 2 unspecified atom stereocenters. The number of nitrogens with one attached hydrogen (secondary N) is 1. The molecule has 0 spiro atoms. The number of ether oxygens (including phenoxy) is 1. The minimum atomic E-state index is -1.90. The Balaban J connectivity index is 2.41. The van der Waals surface area contributed by atoms with Gasteiger partial charge in [-0.3, -0.25) is 0 Å². The SMILES string of the molecule is CC1NC(C)(C)COC1(O)c1cc(F)c(F)c(F)c1. The topological polar surface area (TPSA) is 41.5 Å². The van der Waals surface area contributed by atoms with E-state index in [0.717, 1.165) is 12.1 Å². The van der Waals surface area contributed by atoms with E-state index in [-0.39, 0.29) is 17.7 Å². The lowest BCUT2D eigenvalue weighted by Crippen LogP contribution is -2.63. The Bertz CT molecular complexity index is 484. The fourth-order valence-corrected chi connectivity index (χ4v) is 2.24. The van der Waals surface area contributed by atoms with Crippen LogP contribution in [0.5, 0.6) is 0 Å². The Hall–Kier alpha value is -1.11. The molecule has 0 saturated carbocycles. The minimum absolute atomic E-state index is 0.147. The molecule has 2 N–H and O–H groups in total. The van der Waals surface area contributed by atoms with Crippen molar-refractivity contribution in [1.29, 1.82) is 0 Å². The van der Waals surface area contributed by atoms with Crippen molar-refractivity contribution < 1.29 is 23.0 Å². The van der Waals surface area contributed by atoms with Gasteiger partial charge < -0.3 is 15.2 Å². The van der Waals surface area contributed by atoms with Crippen LogP contribution in [0.3, 0.4) is 0 Å². The van der Waals surface area contributed by atoms with Gasteiger partial charge in [-0.25, -0.2) is 13.2 Å². The molecule has 2 atom stereocenters. The van der Waals surface area contributed by atoms with Crippen LogP contribution in [0.25, 0.3) is 0 Å². The zero-order valence-corrected chi connectivity index (χ0v) is 10.9. The summed E-state index contributed by atoms with van der Waals surface area (Å²) in [5.74, 6) is -6.18. The van der Waals surface area contributed by atoms with Crippen molar-refractivity contribution in [1.82, 2.24) is 5.32 Å². The van der Waals surface area contributed by atoms with Gasteiger partial charge in [-0.2, -0.15) is 0 Å². The molecule has 106 valence electrons. The highest BCUT2D eigenvalue weighted by Crippen LogP contribution is 2.33. The third-order valence-electron chi connectivity index (χ3n) is 3.24. The Kier molecular flexibility index (Phi) is 3.36. The molecule has 1 fully saturated rings. The van der Waals surface area contributed by atoms with Crippen molar-refractivity contribution >= 4 is 0 Å². The summed E-state index contributed by atoms with van der Waals surface area (Å²) in [4.78, 5) is 0. The van der Waals surface area contributed by atoms with E-state index >= 15 is 0 Å². The van der Waals surface area contributed by atoms with Gasteiger partial charge in [0.2, 0.25) is 5.79 Å². The van der Waals surface area contributed by atoms with Crippen LogP contribution < -0.4 is 5.32 Å². The van der Waals surface area contributed by atoms with Crippen molar-refractivity contribution in [3.8, 4) is 0 Å². The second-order valence-electron chi connectivity index (χ2n) is 5.49. The first-order chi connectivity index (χ1) is 8.66. The third kappa shape index (κ3) is 2.48. The first kappa shape index (κ1) is 14.3. The summed E-state index contributed by atoms with van der Waals surface area (Å²) in [5, 5.41) is 13.5. The van der Waals surface area contributed by atoms with E-state index in [1.807, 2.05) is 13.8 Å². The van der Waals surface area contributed by atoms with Crippen LogP contribution in [0.1, 0.15) is 26.3 Å². The summed E-state index contributed by atoms with van der Waals surface area (Å²) >= 11 is 0. The van der Waals surface area contributed by atoms with Crippen LogP contribution in [0, 0.1) is 17.5 Å². The summed E-state index contributed by atoms with van der Waals surface area (Å²) in [5.41, 5.74) is -0.526. The maximum Gasteiger partial charge on any atom is 0.208 e. The molecule has 0 aromatic heterocycles. The Morgan fingerprint density at radius 3 is 2.26 bits per heavy atom. The molecule has 1 aromatic carbocycles. The molecule has 0 radical (unpaired) electrons. The Labute approximate surface area is 109 Å². The predicted molar refractivity (Wildman–Crippen MR) is 62.8 cm³/mol. The maximum atomic E-state index is 13.2. The lowest BCUT2D eigenvalue weighted by Gasteiger charge is -2.46. The van der Waals surface area contributed by atoms with Crippen LogP contribution >= 0.6 is 0 Å². The molecule has 3 nitrogen and oxygen atoms in total. The minimum Gasteiger partial charge on any atom is -0.361 e. The summed E-state index contributed by atoms with van der Waals surface area (Å²) in [7, 11) is 0. The summed E-state index contributed by atoms with van der Waals surface area (Å²) in [6, 6.07) is 0.879. The smallest absolute Gasteiger partial charge is 0.208 e. The highest BCUT2D eigenvalue weighted by Gasteiger charge is 2.45. The van der Waals surface area contributed by atoms with Crippen molar-refractivity contribution in [3.05, 3.63) is 35.1 Å². The summed E-state index contributed by atoms with van der Waals surface area (Å²) in [6.07, 6.45) is 0. The number of aliphatic hydroxyl groups is 1. The highest BCUT2D eigenvalue weighted by atomic mass is 19.2. The molecule has 0 aliphatic carbocycles. The van der Waals surface area contributed by atoms with E-state index in [9.17, 15) is 18.3 Å². The van der Waals surface area contributed by atoms with Crippen LogP contribution in [0.15, 0.2) is 12.1 Å². The van der Waals surface area contributed by atoms with Gasteiger partial charge in [-0.05, 0) is 32.9 Å². The van der Waals surface area contributed by atoms with Crippen LogP contribution in [-0.2, 0) is 10.5 Å². The van der Waals surface area contributed by atoms with Gasteiger partial charge in [0.1, 0.15) is 0 Å². The fraction of sp³-hybridized carbons (Fsp3) is 0.538. The lowest BCUT2D eigenvalue weighted by atomic mass is 9.92. The molecule has 0 bridgehead atoms. The van der Waals surface area contributed by atoms with Gasteiger partial charge in [0.25, 0.3) is 0 Å². The van der Waals surface area contributed by atoms with Crippen molar-refractivity contribution in [3.63, 3.8) is 0 Å². The molecular formula is C13H16F3NO2. The van der Waals surface area contributed by atoms with E-state index in [0.29, 0.717) is 0 Å². The number of rotatable bonds is 1. The zero-order chi connectivity index (χ0) is 14.4. The van der Waals surface area contributed by atoms with Crippen molar-refractivity contribution in [2.24, 2.45) is 0 Å². The van der Waals surface area contributed by atoms with Crippen molar-refractivity contribution in [2.75, 3.05) is 6.61 Å². The second-order valence-corrected chi connectivity index (χ2v) is 5.49. The highest BCUT2D eigenvalue weighted by molar-refractivity contribution is 5.26. The van der Waals surface area contributed by atoms with E-state index in [1.54, 1.807) is 6.92 Å². The summed E-state index contributed by atoms with van der Waals surface area (Å²) in [6.45, 7) is 5.51. The molecule has 1 saturated heterocycles. The first-order valence-electron chi connectivity index (χ1n) is 5.95. The van der Waals surface area contributed by atoms with Crippen LogP contribution in [0.4, 0.5) is 13.2 Å². The average Bonchev–Trinajstić information content (AvgIpc) is 2.30.